The number of piperazine rings is 1. The molecule has 0 saturated carbocycles. The molecule has 0 amide bonds. The predicted octanol–water partition coefficient (Wildman–Crippen LogP) is 2.93. The van der Waals surface area contributed by atoms with E-state index in [1.54, 1.807) is 0 Å². The van der Waals surface area contributed by atoms with E-state index in [1.807, 2.05) is 0 Å². The molecule has 19 heavy (non-hydrogen) atoms. The molecule has 3 heteroatoms. The lowest BCUT2D eigenvalue weighted by molar-refractivity contribution is 0.0621. The molecule has 1 unspecified atom stereocenters. The standard InChI is InChI=1S/C16H26N2S/c1-16(2,13-19)12-18-10-9-17(3)11-15(18)14-7-5-4-6-8-14/h4-8,15,19H,9-13H2,1-3H3. The van der Waals surface area contributed by atoms with Crippen molar-refractivity contribution >= 4 is 12.6 Å². The minimum atomic E-state index is 0.270. The molecule has 1 heterocycles. The van der Waals surface area contributed by atoms with Crippen LogP contribution in [0.1, 0.15) is 25.5 Å². The topological polar surface area (TPSA) is 6.48 Å². The highest BCUT2D eigenvalue weighted by molar-refractivity contribution is 7.80. The van der Waals surface area contributed by atoms with Crippen LogP contribution in [0, 0.1) is 5.41 Å². The fraction of sp³-hybridized carbons (Fsp3) is 0.625. The molecule has 1 aromatic rings. The second-order valence-electron chi connectivity index (χ2n) is 6.48. The van der Waals surface area contributed by atoms with Gasteiger partial charge in [0.05, 0.1) is 0 Å². The number of rotatable bonds is 4. The quantitative estimate of drug-likeness (QED) is 0.846. The number of nitrogens with zero attached hydrogens (tertiary/aromatic N) is 2. The summed E-state index contributed by atoms with van der Waals surface area (Å²) in [4.78, 5) is 5.06. The van der Waals surface area contributed by atoms with Gasteiger partial charge in [0, 0.05) is 32.2 Å². The summed E-state index contributed by atoms with van der Waals surface area (Å²) >= 11 is 4.50. The van der Waals surface area contributed by atoms with Crippen LogP contribution in [0.4, 0.5) is 0 Å². The van der Waals surface area contributed by atoms with Crippen LogP contribution in [-0.4, -0.2) is 48.8 Å². The molecule has 1 aromatic carbocycles. The van der Waals surface area contributed by atoms with Gasteiger partial charge in [-0.3, -0.25) is 4.90 Å². The van der Waals surface area contributed by atoms with Gasteiger partial charge in [-0.25, -0.2) is 0 Å². The molecule has 0 spiro atoms. The van der Waals surface area contributed by atoms with Crippen LogP contribution >= 0.6 is 12.6 Å². The van der Waals surface area contributed by atoms with Crippen molar-refractivity contribution in [2.24, 2.45) is 5.41 Å². The van der Waals surface area contributed by atoms with Gasteiger partial charge in [-0.1, -0.05) is 44.2 Å². The van der Waals surface area contributed by atoms with Gasteiger partial charge in [0.15, 0.2) is 0 Å². The third kappa shape index (κ3) is 3.98. The van der Waals surface area contributed by atoms with Crippen molar-refractivity contribution in [3.05, 3.63) is 35.9 Å². The summed E-state index contributed by atoms with van der Waals surface area (Å²) in [7, 11) is 2.22. The van der Waals surface area contributed by atoms with Crippen LogP contribution in [0.2, 0.25) is 0 Å². The van der Waals surface area contributed by atoms with Gasteiger partial charge in [0.1, 0.15) is 0 Å². The lowest BCUT2D eigenvalue weighted by Crippen LogP contribution is -2.49. The van der Waals surface area contributed by atoms with Crippen LogP contribution < -0.4 is 0 Å². The molecule has 0 aliphatic carbocycles. The Morgan fingerprint density at radius 1 is 1.21 bits per heavy atom. The van der Waals surface area contributed by atoms with Gasteiger partial charge in [0.25, 0.3) is 0 Å². The van der Waals surface area contributed by atoms with E-state index in [1.165, 1.54) is 5.56 Å². The maximum absolute atomic E-state index is 4.50. The molecule has 1 aliphatic heterocycles. The van der Waals surface area contributed by atoms with Crippen LogP contribution in [0.5, 0.6) is 0 Å². The summed E-state index contributed by atoms with van der Waals surface area (Å²) in [6, 6.07) is 11.4. The van der Waals surface area contributed by atoms with Crippen molar-refractivity contribution in [2.75, 3.05) is 39.0 Å². The molecule has 0 aromatic heterocycles. The molecular weight excluding hydrogens is 252 g/mol. The molecule has 1 atom stereocenters. The fourth-order valence-corrected chi connectivity index (χ4v) is 2.84. The summed E-state index contributed by atoms with van der Waals surface area (Å²) in [6.45, 7) is 9.15. The van der Waals surface area contributed by atoms with Gasteiger partial charge < -0.3 is 4.90 Å². The highest BCUT2D eigenvalue weighted by Gasteiger charge is 2.30. The van der Waals surface area contributed by atoms with E-state index >= 15 is 0 Å². The van der Waals surface area contributed by atoms with E-state index < -0.39 is 0 Å². The van der Waals surface area contributed by atoms with E-state index in [2.05, 4.69) is 73.7 Å². The van der Waals surface area contributed by atoms with Crippen LogP contribution in [0.15, 0.2) is 30.3 Å². The summed E-state index contributed by atoms with van der Waals surface area (Å²) < 4.78 is 0. The second kappa shape index (κ2) is 6.29. The number of hydrogen-bond acceptors (Lipinski definition) is 3. The lowest BCUT2D eigenvalue weighted by Gasteiger charge is -2.43. The molecule has 2 nitrogen and oxygen atoms in total. The van der Waals surface area contributed by atoms with Crippen molar-refractivity contribution in [3.63, 3.8) is 0 Å². The zero-order chi connectivity index (χ0) is 13.9. The van der Waals surface area contributed by atoms with E-state index in [4.69, 9.17) is 0 Å². The van der Waals surface area contributed by atoms with Crippen molar-refractivity contribution in [1.82, 2.24) is 9.80 Å². The molecule has 1 fully saturated rings. The Morgan fingerprint density at radius 3 is 2.53 bits per heavy atom. The third-order valence-corrected chi connectivity index (χ3v) is 4.79. The normalized spacial score (nSPS) is 22.6. The highest BCUT2D eigenvalue weighted by atomic mass is 32.1. The zero-order valence-corrected chi connectivity index (χ0v) is 13.2. The molecule has 0 N–H and O–H groups in total. The first-order valence-electron chi connectivity index (χ1n) is 7.10. The summed E-state index contributed by atoms with van der Waals surface area (Å²) in [5.41, 5.74) is 1.70. The fourth-order valence-electron chi connectivity index (χ4n) is 2.74. The van der Waals surface area contributed by atoms with E-state index in [0.717, 1.165) is 31.9 Å². The van der Waals surface area contributed by atoms with Gasteiger partial charge in [-0.15, -0.1) is 0 Å². The number of thiol groups is 1. The highest BCUT2D eigenvalue weighted by Crippen LogP contribution is 2.29. The maximum Gasteiger partial charge on any atom is 0.0475 e. The van der Waals surface area contributed by atoms with Crippen LogP contribution in [0.3, 0.4) is 0 Å². The Morgan fingerprint density at radius 2 is 1.89 bits per heavy atom. The van der Waals surface area contributed by atoms with Crippen molar-refractivity contribution in [1.29, 1.82) is 0 Å². The Bertz CT molecular complexity index is 391. The van der Waals surface area contributed by atoms with Crippen molar-refractivity contribution < 1.29 is 0 Å². The third-order valence-electron chi connectivity index (χ3n) is 3.94. The summed E-state index contributed by atoms with van der Waals surface area (Å²) in [5, 5.41) is 0. The molecule has 1 aliphatic rings. The Balaban J connectivity index is 2.16. The first-order valence-corrected chi connectivity index (χ1v) is 7.73. The van der Waals surface area contributed by atoms with E-state index in [0.29, 0.717) is 6.04 Å². The average molecular weight is 278 g/mol. The minimum absolute atomic E-state index is 0.270. The Hall–Kier alpha value is -0.510. The Labute approximate surface area is 123 Å². The van der Waals surface area contributed by atoms with Crippen LogP contribution in [-0.2, 0) is 0 Å². The van der Waals surface area contributed by atoms with Crippen LogP contribution in [0.25, 0.3) is 0 Å². The van der Waals surface area contributed by atoms with Crippen molar-refractivity contribution in [2.45, 2.75) is 19.9 Å². The number of likely N-dealkylation sites (N-methyl/N-ethyl adjacent to an activating group) is 1. The molecule has 1 saturated heterocycles. The summed E-state index contributed by atoms with van der Waals surface area (Å²) in [5.74, 6) is 0.931. The Kier molecular flexibility index (Phi) is 4.93. The van der Waals surface area contributed by atoms with Gasteiger partial charge in [-0.05, 0) is 23.8 Å². The maximum atomic E-state index is 4.50. The second-order valence-corrected chi connectivity index (χ2v) is 6.80. The van der Waals surface area contributed by atoms with Gasteiger partial charge >= 0.3 is 0 Å². The predicted molar refractivity (Wildman–Crippen MR) is 85.9 cm³/mol. The first kappa shape index (κ1) is 14.9. The molecular formula is C16H26N2S. The molecule has 2 rings (SSSR count). The number of benzene rings is 1. The largest absolute Gasteiger partial charge is 0.303 e. The van der Waals surface area contributed by atoms with Gasteiger partial charge in [0.2, 0.25) is 0 Å². The summed E-state index contributed by atoms with van der Waals surface area (Å²) in [6.07, 6.45) is 0. The molecule has 0 radical (unpaired) electrons. The number of hydrogen-bond donors (Lipinski definition) is 1. The molecule has 0 bridgehead atoms. The van der Waals surface area contributed by atoms with E-state index in [9.17, 15) is 0 Å². The molecule has 106 valence electrons. The zero-order valence-electron chi connectivity index (χ0n) is 12.3. The van der Waals surface area contributed by atoms with Gasteiger partial charge in [-0.2, -0.15) is 12.6 Å². The average Bonchev–Trinajstić information content (AvgIpc) is 2.42. The van der Waals surface area contributed by atoms with Crippen molar-refractivity contribution in [3.8, 4) is 0 Å². The van der Waals surface area contributed by atoms with E-state index in [-0.39, 0.29) is 5.41 Å². The minimum Gasteiger partial charge on any atom is -0.303 e. The first-order chi connectivity index (χ1) is 9.02. The SMILES string of the molecule is CN1CCN(CC(C)(C)CS)C(c2ccccc2)C1. The smallest absolute Gasteiger partial charge is 0.0475 e. The monoisotopic (exact) mass is 278 g/mol. The lowest BCUT2D eigenvalue weighted by atomic mass is 9.92.